The molecule has 2 aromatic rings. The minimum absolute atomic E-state index is 0.242. The van der Waals surface area contributed by atoms with Gasteiger partial charge in [0.25, 0.3) is 10.0 Å². The van der Waals surface area contributed by atoms with Gasteiger partial charge in [-0.25, -0.2) is 8.42 Å². The monoisotopic (exact) mass is 368 g/mol. The molecule has 0 atom stereocenters. The van der Waals surface area contributed by atoms with Crippen molar-refractivity contribution in [3.63, 3.8) is 0 Å². The highest BCUT2D eigenvalue weighted by atomic mass is 79.9. The minimum Gasteiger partial charge on any atom is -0.384 e. The average Bonchev–Trinajstić information content (AvgIpc) is 2.43. The first-order chi connectivity index (χ1) is 9.94. The molecule has 0 unspecified atom stereocenters. The van der Waals surface area contributed by atoms with Gasteiger partial charge in [0, 0.05) is 11.0 Å². The molecule has 0 saturated heterocycles. The first kappa shape index (κ1) is 15.9. The summed E-state index contributed by atoms with van der Waals surface area (Å²) in [6.07, 6.45) is 0. The molecule has 0 heterocycles. The van der Waals surface area contributed by atoms with Crippen LogP contribution < -0.4 is 10.0 Å². The molecule has 0 aliphatic carbocycles. The second-order valence-electron chi connectivity index (χ2n) is 4.59. The molecule has 6 heteroatoms. The van der Waals surface area contributed by atoms with Crippen molar-refractivity contribution in [3.8, 4) is 0 Å². The lowest BCUT2D eigenvalue weighted by Crippen LogP contribution is -2.16. The highest BCUT2D eigenvalue weighted by molar-refractivity contribution is 9.10. The van der Waals surface area contributed by atoms with E-state index in [4.69, 9.17) is 0 Å². The second kappa shape index (κ2) is 6.49. The second-order valence-corrected chi connectivity index (χ2v) is 7.16. The van der Waals surface area contributed by atoms with Gasteiger partial charge in [0.2, 0.25) is 0 Å². The Morgan fingerprint density at radius 3 is 2.52 bits per heavy atom. The van der Waals surface area contributed by atoms with Crippen LogP contribution in [0.2, 0.25) is 0 Å². The number of rotatable bonds is 5. The molecule has 0 fully saturated rings. The van der Waals surface area contributed by atoms with Gasteiger partial charge in [-0.15, -0.1) is 0 Å². The summed E-state index contributed by atoms with van der Waals surface area (Å²) in [6.45, 7) is 4.44. The summed E-state index contributed by atoms with van der Waals surface area (Å²) in [6, 6.07) is 12.4. The lowest BCUT2D eigenvalue weighted by Gasteiger charge is -2.14. The van der Waals surface area contributed by atoms with E-state index in [0.29, 0.717) is 17.9 Å². The first-order valence-electron chi connectivity index (χ1n) is 6.56. The number of anilines is 2. The third-order valence-electron chi connectivity index (χ3n) is 2.99. The van der Waals surface area contributed by atoms with Crippen LogP contribution in [0.5, 0.6) is 0 Å². The van der Waals surface area contributed by atoms with Crippen LogP contribution in [-0.4, -0.2) is 15.0 Å². The largest absolute Gasteiger partial charge is 0.384 e. The smallest absolute Gasteiger partial charge is 0.263 e. The van der Waals surface area contributed by atoms with Crippen molar-refractivity contribution < 1.29 is 8.42 Å². The fourth-order valence-corrected chi connectivity index (χ4v) is 3.61. The van der Waals surface area contributed by atoms with Gasteiger partial charge in [-0.05, 0) is 43.7 Å². The van der Waals surface area contributed by atoms with E-state index in [1.807, 2.05) is 26.0 Å². The zero-order valence-corrected chi connectivity index (χ0v) is 14.3. The SMILES string of the molecule is CCNc1ccccc1S(=O)(=O)Nc1cc(Br)ccc1C. The quantitative estimate of drug-likeness (QED) is 0.838. The van der Waals surface area contributed by atoms with Gasteiger partial charge in [-0.3, -0.25) is 4.72 Å². The lowest BCUT2D eigenvalue weighted by molar-refractivity contribution is 0.601. The number of para-hydroxylation sites is 1. The maximum Gasteiger partial charge on any atom is 0.263 e. The van der Waals surface area contributed by atoms with Crippen molar-refractivity contribution in [2.24, 2.45) is 0 Å². The van der Waals surface area contributed by atoms with Crippen LogP contribution in [0.15, 0.2) is 51.8 Å². The van der Waals surface area contributed by atoms with E-state index in [2.05, 4.69) is 26.0 Å². The highest BCUT2D eigenvalue weighted by Crippen LogP contribution is 2.26. The van der Waals surface area contributed by atoms with Crippen molar-refractivity contribution in [1.82, 2.24) is 0 Å². The topological polar surface area (TPSA) is 58.2 Å². The van der Waals surface area contributed by atoms with Crippen molar-refractivity contribution in [1.29, 1.82) is 0 Å². The summed E-state index contributed by atoms with van der Waals surface area (Å²) in [5.41, 5.74) is 2.03. The molecule has 2 rings (SSSR count). The molecule has 0 spiro atoms. The summed E-state index contributed by atoms with van der Waals surface area (Å²) in [7, 11) is -3.64. The highest BCUT2D eigenvalue weighted by Gasteiger charge is 2.19. The molecular weight excluding hydrogens is 352 g/mol. The molecule has 0 aliphatic heterocycles. The van der Waals surface area contributed by atoms with E-state index >= 15 is 0 Å². The average molecular weight is 369 g/mol. The molecule has 0 bridgehead atoms. The van der Waals surface area contributed by atoms with E-state index in [1.165, 1.54) is 0 Å². The number of nitrogens with one attached hydrogen (secondary N) is 2. The van der Waals surface area contributed by atoms with Crippen molar-refractivity contribution in [2.75, 3.05) is 16.6 Å². The Morgan fingerprint density at radius 2 is 1.81 bits per heavy atom. The Balaban J connectivity index is 2.41. The zero-order valence-electron chi connectivity index (χ0n) is 11.9. The van der Waals surface area contributed by atoms with Gasteiger partial charge in [-0.2, -0.15) is 0 Å². The van der Waals surface area contributed by atoms with Crippen molar-refractivity contribution in [3.05, 3.63) is 52.5 Å². The third-order valence-corrected chi connectivity index (χ3v) is 4.90. The Hall–Kier alpha value is -1.53. The van der Waals surface area contributed by atoms with Gasteiger partial charge in [0.1, 0.15) is 4.90 Å². The minimum atomic E-state index is -3.64. The Morgan fingerprint density at radius 1 is 1.10 bits per heavy atom. The Kier molecular flexibility index (Phi) is 4.90. The first-order valence-corrected chi connectivity index (χ1v) is 8.83. The van der Waals surface area contributed by atoms with Gasteiger partial charge >= 0.3 is 0 Å². The molecule has 2 aromatic carbocycles. The summed E-state index contributed by atoms with van der Waals surface area (Å²) in [5, 5.41) is 3.07. The summed E-state index contributed by atoms with van der Waals surface area (Å²) in [4.78, 5) is 0.242. The molecule has 21 heavy (non-hydrogen) atoms. The summed E-state index contributed by atoms with van der Waals surface area (Å²) >= 11 is 3.35. The number of halogens is 1. The standard InChI is InChI=1S/C15H17BrN2O2S/c1-3-17-13-6-4-5-7-15(13)21(19,20)18-14-10-12(16)9-8-11(14)2/h4-10,17-18H,3H2,1-2H3. The number of hydrogen-bond acceptors (Lipinski definition) is 3. The molecule has 2 N–H and O–H groups in total. The molecular formula is C15H17BrN2O2S. The van der Waals surface area contributed by atoms with Crippen LogP contribution in [-0.2, 0) is 10.0 Å². The van der Waals surface area contributed by atoms with Gasteiger partial charge in [-0.1, -0.05) is 34.1 Å². The zero-order chi connectivity index (χ0) is 15.5. The molecule has 4 nitrogen and oxygen atoms in total. The van der Waals surface area contributed by atoms with Crippen molar-refractivity contribution in [2.45, 2.75) is 18.7 Å². The molecule has 0 saturated carbocycles. The normalized spacial score (nSPS) is 11.2. The Bertz CT molecular complexity index is 745. The van der Waals surface area contributed by atoms with E-state index < -0.39 is 10.0 Å². The van der Waals surface area contributed by atoms with Crippen LogP contribution in [0, 0.1) is 6.92 Å². The molecule has 0 aromatic heterocycles. The predicted octanol–water partition coefficient (Wildman–Crippen LogP) is 3.99. The van der Waals surface area contributed by atoms with Crippen LogP contribution in [0.4, 0.5) is 11.4 Å². The molecule has 112 valence electrons. The maximum atomic E-state index is 12.6. The predicted molar refractivity (Wildman–Crippen MR) is 90.3 cm³/mol. The van der Waals surface area contributed by atoms with E-state index in [1.54, 1.807) is 30.3 Å². The Labute approximate surface area is 133 Å². The van der Waals surface area contributed by atoms with E-state index in [9.17, 15) is 8.42 Å². The molecule has 0 amide bonds. The third kappa shape index (κ3) is 3.77. The fourth-order valence-electron chi connectivity index (χ4n) is 1.94. The van der Waals surface area contributed by atoms with Crippen molar-refractivity contribution >= 4 is 37.3 Å². The number of aryl methyl sites for hydroxylation is 1. The van der Waals surface area contributed by atoms with Crippen LogP contribution >= 0.6 is 15.9 Å². The molecule has 0 radical (unpaired) electrons. The number of hydrogen-bond donors (Lipinski definition) is 2. The van der Waals surface area contributed by atoms with Gasteiger partial charge < -0.3 is 5.32 Å². The van der Waals surface area contributed by atoms with Gasteiger partial charge in [0.05, 0.1) is 11.4 Å². The van der Waals surface area contributed by atoms with Gasteiger partial charge in [0.15, 0.2) is 0 Å². The van der Waals surface area contributed by atoms with Crippen LogP contribution in [0.25, 0.3) is 0 Å². The summed E-state index contributed by atoms with van der Waals surface area (Å²) < 4.78 is 28.7. The number of sulfonamides is 1. The lowest BCUT2D eigenvalue weighted by atomic mass is 10.2. The van der Waals surface area contributed by atoms with E-state index in [-0.39, 0.29) is 4.90 Å². The maximum absolute atomic E-state index is 12.6. The van der Waals surface area contributed by atoms with E-state index in [0.717, 1.165) is 10.0 Å². The molecule has 0 aliphatic rings. The van der Waals surface area contributed by atoms with Crippen LogP contribution in [0.3, 0.4) is 0 Å². The number of benzene rings is 2. The van der Waals surface area contributed by atoms with Crippen LogP contribution in [0.1, 0.15) is 12.5 Å². The fraction of sp³-hybridized carbons (Fsp3) is 0.200. The summed E-state index contributed by atoms with van der Waals surface area (Å²) in [5.74, 6) is 0.